The third-order valence-electron chi connectivity index (χ3n) is 4.90. The van der Waals surface area contributed by atoms with E-state index in [1.807, 2.05) is 6.92 Å². The van der Waals surface area contributed by atoms with Crippen LogP contribution in [0.5, 0.6) is 0 Å². The zero-order chi connectivity index (χ0) is 16.1. The molecule has 1 atom stereocenters. The average Bonchev–Trinajstić information content (AvgIpc) is 2.44. The maximum atomic E-state index is 12.4. The summed E-state index contributed by atoms with van der Waals surface area (Å²) in [6.45, 7) is 7.81. The van der Waals surface area contributed by atoms with Crippen LogP contribution in [0, 0.1) is 10.8 Å². The molecule has 1 rings (SSSR count). The lowest BCUT2D eigenvalue weighted by molar-refractivity contribution is -0.155. The molecule has 0 aliphatic carbocycles. The second-order valence-corrected chi connectivity index (χ2v) is 7.06. The van der Waals surface area contributed by atoms with Gasteiger partial charge < -0.3 is 15.7 Å². The summed E-state index contributed by atoms with van der Waals surface area (Å²) < 4.78 is 0. The first kappa shape index (κ1) is 18.0. The first-order valence-electron chi connectivity index (χ1n) is 7.97. The van der Waals surface area contributed by atoms with E-state index in [4.69, 9.17) is 5.73 Å². The summed E-state index contributed by atoms with van der Waals surface area (Å²) in [5, 5.41) is 9.47. The van der Waals surface area contributed by atoms with Crippen molar-refractivity contribution in [3.8, 4) is 0 Å². The van der Waals surface area contributed by atoms with Gasteiger partial charge in [0.15, 0.2) is 0 Å². The second-order valence-electron chi connectivity index (χ2n) is 7.06. The summed E-state index contributed by atoms with van der Waals surface area (Å²) in [6, 6.07) is 0. The molecule has 1 aliphatic rings. The number of likely N-dealkylation sites (tertiary alicyclic amines) is 1. The minimum atomic E-state index is -0.772. The Balaban J connectivity index is 2.60. The van der Waals surface area contributed by atoms with Crippen LogP contribution in [0.3, 0.4) is 0 Å². The fourth-order valence-corrected chi connectivity index (χ4v) is 3.08. The molecule has 0 saturated carbocycles. The van der Waals surface area contributed by atoms with Crippen molar-refractivity contribution in [3.63, 3.8) is 0 Å². The number of hydrogen-bond acceptors (Lipinski definition) is 3. The van der Waals surface area contributed by atoms with Crippen LogP contribution in [0.2, 0.25) is 0 Å². The van der Waals surface area contributed by atoms with Crippen LogP contribution in [0.1, 0.15) is 59.3 Å². The predicted molar refractivity (Wildman–Crippen MR) is 82.9 cm³/mol. The van der Waals surface area contributed by atoms with Crippen molar-refractivity contribution >= 4 is 11.9 Å². The molecular weight excluding hydrogens is 268 g/mol. The standard InChI is InChI=1S/C16H30N2O3/c1-4-16(14(20)21)7-5-11-18(12-16)13(19)6-8-15(2,3)9-10-17/h4-12,17H2,1-3H3,(H,20,21). The highest BCUT2D eigenvalue weighted by Gasteiger charge is 2.42. The number of carboxylic acids is 1. The van der Waals surface area contributed by atoms with Gasteiger partial charge in [-0.25, -0.2) is 0 Å². The Bertz CT molecular complexity index is 382. The number of rotatable bonds is 7. The Hall–Kier alpha value is -1.10. The molecular formula is C16H30N2O3. The van der Waals surface area contributed by atoms with E-state index in [9.17, 15) is 14.7 Å². The van der Waals surface area contributed by atoms with Crippen molar-refractivity contribution in [3.05, 3.63) is 0 Å². The maximum absolute atomic E-state index is 12.4. The van der Waals surface area contributed by atoms with Crippen LogP contribution in [-0.4, -0.2) is 41.5 Å². The topological polar surface area (TPSA) is 83.6 Å². The van der Waals surface area contributed by atoms with Gasteiger partial charge in [-0.3, -0.25) is 9.59 Å². The lowest BCUT2D eigenvalue weighted by atomic mass is 9.77. The Morgan fingerprint density at radius 2 is 2.00 bits per heavy atom. The maximum Gasteiger partial charge on any atom is 0.311 e. The summed E-state index contributed by atoms with van der Waals surface area (Å²) in [5.74, 6) is -0.690. The molecule has 0 spiro atoms. The second kappa shape index (κ2) is 7.25. The molecule has 1 amide bonds. The van der Waals surface area contributed by atoms with E-state index in [1.54, 1.807) is 4.90 Å². The number of carbonyl (C=O) groups excluding carboxylic acids is 1. The van der Waals surface area contributed by atoms with E-state index in [0.717, 1.165) is 19.3 Å². The number of hydrogen-bond donors (Lipinski definition) is 2. The summed E-state index contributed by atoms with van der Waals surface area (Å²) in [5.41, 5.74) is 4.91. The Morgan fingerprint density at radius 3 is 2.52 bits per heavy atom. The minimum Gasteiger partial charge on any atom is -0.481 e. The molecule has 0 bridgehead atoms. The first-order chi connectivity index (χ1) is 9.76. The molecule has 0 radical (unpaired) electrons. The average molecular weight is 298 g/mol. The Morgan fingerprint density at radius 1 is 1.33 bits per heavy atom. The fourth-order valence-electron chi connectivity index (χ4n) is 3.08. The normalized spacial score (nSPS) is 23.1. The van der Waals surface area contributed by atoms with Crippen molar-refractivity contribution in [2.45, 2.75) is 59.3 Å². The third kappa shape index (κ3) is 4.70. The van der Waals surface area contributed by atoms with Crippen LogP contribution in [0.4, 0.5) is 0 Å². The molecule has 1 heterocycles. The predicted octanol–water partition coefficient (Wildman–Crippen LogP) is 2.25. The van der Waals surface area contributed by atoms with Gasteiger partial charge in [-0.05, 0) is 44.1 Å². The van der Waals surface area contributed by atoms with Gasteiger partial charge in [-0.1, -0.05) is 20.8 Å². The van der Waals surface area contributed by atoms with E-state index in [0.29, 0.717) is 38.9 Å². The molecule has 1 fully saturated rings. The summed E-state index contributed by atoms with van der Waals surface area (Å²) in [4.78, 5) is 25.7. The molecule has 5 nitrogen and oxygen atoms in total. The van der Waals surface area contributed by atoms with Crippen LogP contribution in [0.15, 0.2) is 0 Å². The van der Waals surface area contributed by atoms with Gasteiger partial charge in [-0.15, -0.1) is 0 Å². The molecule has 5 heteroatoms. The van der Waals surface area contributed by atoms with Crippen LogP contribution in [0.25, 0.3) is 0 Å². The number of nitrogens with two attached hydrogens (primary N) is 1. The number of carbonyl (C=O) groups is 2. The van der Waals surface area contributed by atoms with Gasteiger partial charge in [0.1, 0.15) is 0 Å². The third-order valence-corrected chi connectivity index (χ3v) is 4.90. The molecule has 0 aromatic heterocycles. The smallest absolute Gasteiger partial charge is 0.311 e. The summed E-state index contributed by atoms with van der Waals surface area (Å²) >= 11 is 0. The lowest BCUT2D eigenvalue weighted by Crippen LogP contribution is -2.49. The van der Waals surface area contributed by atoms with Gasteiger partial charge in [-0.2, -0.15) is 0 Å². The largest absolute Gasteiger partial charge is 0.481 e. The molecule has 1 unspecified atom stereocenters. The molecule has 0 aromatic rings. The van der Waals surface area contributed by atoms with Crippen molar-refractivity contribution in [2.24, 2.45) is 16.6 Å². The van der Waals surface area contributed by atoms with Crippen LogP contribution >= 0.6 is 0 Å². The number of amides is 1. The van der Waals surface area contributed by atoms with Gasteiger partial charge in [0.05, 0.1) is 5.41 Å². The first-order valence-corrected chi connectivity index (χ1v) is 7.97. The molecule has 3 N–H and O–H groups in total. The molecule has 1 aliphatic heterocycles. The van der Waals surface area contributed by atoms with Crippen molar-refractivity contribution in [2.75, 3.05) is 19.6 Å². The zero-order valence-electron chi connectivity index (χ0n) is 13.7. The monoisotopic (exact) mass is 298 g/mol. The fraction of sp³-hybridized carbons (Fsp3) is 0.875. The summed E-state index contributed by atoms with van der Waals surface area (Å²) in [6.07, 6.45) is 4.19. The molecule has 21 heavy (non-hydrogen) atoms. The van der Waals surface area contributed by atoms with E-state index < -0.39 is 11.4 Å². The Labute approximate surface area is 127 Å². The SMILES string of the molecule is CCC1(C(=O)O)CCCN(C(=O)CCC(C)(C)CCN)C1. The van der Waals surface area contributed by atoms with E-state index >= 15 is 0 Å². The lowest BCUT2D eigenvalue weighted by Gasteiger charge is -2.39. The summed E-state index contributed by atoms with van der Waals surface area (Å²) in [7, 11) is 0. The van der Waals surface area contributed by atoms with Gasteiger partial charge >= 0.3 is 5.97 Å². The van der Waals surface area contributed by atoms with E-state index in [-0.39, 0.29) is 11.3 Å². The van der Waals surface area contributed by atoms with E-state index in [2.05, 4.69) is 13.8 Å². The van der Waals surface area contributed by atoms with E-state index in [1.165, 1.54) is 0 Å². The van der Waals surface area contributed by atoms with Gasteiger partial charge in [0.25, 0.3) is 0 Å². The Kier molecular flexibility index (Phi) is 6.20. The molecule has 0 aromatic carbocycles. The molecule has 122 valence electrons. The number of nitrogens with zero attached hydrogens (tertiary/aromatic N) is 1. The highest BCUT2D eigenvalue weighted by Crippen LogP contribution is 2.34. The van der Waals surface area contributed by atoms with Crippen molar-refractivity contribution in [1.82, 2.24) is 4.90 Å². The number of carboxylic acid groups (broad SMARTS) is 1. The minimum absolute atomic E-state index is 0.0643. The van der Waals surface area contributed by atoms with Gasteiger partial charge in [0, 0.05) is 19.5 Å². The zero-order valence-corrected chi connectivity index (χ0v) is 13.7. The quantitative estimate of drug-likeness (QED) is 0.755. The number of piperidine rings is 1. The van der Waals surface area contributed by atoms with Crippen LogP contribution < -0.4 is 5.73 Å². The van der Waals surface area contributed by atoms with Crippen molar-refractivity contribution in [1.29, 1.82) is 0 Å². The number of aliphatic carboxylic acids is 1. The highest BCUT2D eigenvalue weighted by molar-refractivity contribution is 5.79. The van der Waals surface area contributed by atoms with Crippen LogP contribution in [-0.2, 0) is 9.59 Å². The van der Waals surface area contributed by atoms with Crippen molar-refractivity contribution < 1.29 is 14.7 Å². The molecule has 1 saturated heterocycles. The highest BCUT2D eigenvalue weighted by atomic mass is 16.4. The van der Waals surface area contributed by atoms with Gasteiger partial charge in [0.2, 0.25) is 5.91 Å².